The molecule has 0 atom stereocenters. The van der Waals surface area contributed by atoms with Crippen molar-refractivity contribution in [3.05, 3.63) is 60.2 Å². The van der Waals surface area contributed by atoms with Crippen molar-refractivity contribution in [2.24, 2.45) is 0 Å². The van der Waals surface area contributed by atoms with Gasteiger partial charge in [0.05, 0.1) is 10.5 Å². The number of nitrogens with zero attached hydrogens (tertiary/aromatic N) is 2. The molecule has 0 aliphatic heterocycles. The van der Waals surface area contributed by atoms with E-state index in [1.165, 1.54) is 33.5 Å². The van der Waals surface area contributed by atoms with Crippen LogP contribution in [0.5, 0.6) is 0 Å². The lowest BCUT2D eigenvalue weighted by molar-refractivity contribution is -0.121. The van der Waals surface area contributed by atoms with Crippen LogP contribution in [0.3, 0.4) is 0 Å². The Morgan fingerprint density at radius 2 is 1.45 bits per heavy atom. The van der Waals surface area contributed by atoms with Crippen molar-refractivity contribution in [2.45, 2.75) is 25.7 Å². The first-order chi connectivity index (χ1) is 13.8. The molecule has 8 heteroatoms. The molecule has 0 bridgehead atoms. The van der Waals surface area contributed by atoms with Gasteiger partial charge in [-0.2, -0.15) is 4.31 Å². The highest BCUT2D eigenvalue weighted by atomic mass is 32.2. The molecule has 0 radical (unpaired) electrons. The lowest BCUT2D eigenvalue weighted by Gasteiger charge is -2.20. The number of para-hydroxylation sites is 1. The first kappa shape index (κ1) is 22.6. The summed E-state index contributed by atoms with van der Waals surface area (Å²) in [6, 6.07) is 14.6. The first-order valence-electron chi connectivity index (χ1n) is 9.47. The molecule has 0 spiro atoms. The van der Waals surface area contributed by atoms with E-state index in [1.54, 1.807) is 26.0 Å². The Labute approximate surface area is 171 Å². The quantitative estimate of drug-likeness (QED) is 0.585. The number of rotatable bonds is 9. The molecule has 0 fully saturated rings. The van der Waals surface area contributed by atoms with Crippen LogP contribution in [-0.4, -0.2) is 50.8 Å². The van der Waals surface area contributed by atoms with Crippen LogP contribution >= 0.6 is 0 Å². The Morgan fingerprint density at radius 3 is 1.97 bits per heavy atom. The molecule has 0 unspecified atom stereocenters. The van der Waals surface area contributed by atoms with Gasteiger partial charge in [0.1, 0.15) is 0 Å². The predicted molar refractivity (Wildman–Crippen MR) is 111 cm³/mol. The van der Waals surface area contributed by atoms with Gasteiger partial charge in [0, 0.05) is 25.3 Å². The fourth-order valence-corrected chi connectivity index (χ4v) is 4.33. The Hall–Kier alpha value is -2.71. The van der Waals surface area contributed by atoms with Gasteiger partial charge in [0.25, 0.3) is 5.91 Å². The van der Waals surface area contributed by atoms with Gasteiger partial charge in [0.2, 0.25) is 10.0 Å². The van der Waals surface area contributed by atoms with E-state index in [1.807, 2.05) is 25.1 Å². The van der Waals surface area contributed by atoms with Crippen molar-refractivity contribution in [3.8, 4) is 0 Å². The van der Waals surface area contributed by atoms with Crippen LogP contribution in [0.2, 0.25) is 0 Å². The molecule has 1 amide bonds. The molecular weight excluding hydrogens is 392 g/mol. The number of hydrogen-bond acceptors (Lipinski definition) is 5. The zero-order chi connectivity index (χ0) is 21.4. The molecule has 2 aromatic carbocycles. The van der Waals surface area contributed by atoms with Crippen LogP contribution in [0.1, 0.15) is 31.1 Å². The van der Waals surface area contributed by atoms with Crippen molar-refractivity contribution < 1.29 is 22.7 Å². The highest BCUT2D eigenvalue weighted by Gasteiger charge is 2.22. The summed E-state index contributed by atoms with van der Waals surface area (Å²) in [5, 5.41) is 0. The molecule has 0 aliphatic rings. The maximum Gasteiger partial charge on any atom is 0.338 e. The molecule has 2 rings (SSSR count). The number of amides is 1. The maximum absolute atomic E-state index is 12.5. The fraction of sp³-hybridized carbons (Fsp3) is 0.333. The third-order valence-corrected chi connectivity index (χ3v) is 6.51. The minimum Gasteiger partial charge on any atom is -0.452 e. The summed E-state index contributed by atoms with van der Waals surface area (Å²) >= 11 is 0. The highest BCUT2D eigenvalue weighted by molar-refractivity contribution is 7.89. The van der Waals surface area contributed by atoms with Crippen LogP contribution in [-0.2, 0) is 19.6 Å². The third-order valence-electron chi connectivity index (χ3n) is 4.45. The molecule has 0 heterocycles. The van der Waals surface area contributed by atoms with Crippen LogP contribution in [0.4, 0.5) is 5.69 Å². The number of sulfonamides is 1. The van der Waals surface area contributed by atoms with Crippen molar-refractivity contribution >= 4 is 27.6 Å². The standard InChI is InChI=1S/C21H26N2O5S/c1-4-22(5-2)29(26,27)19-14-12-17(13-15-19)21(25)28-16-20(24)23(6-3)18-10-8-7-9-11-18/h7-15H,4-6,16H2,1-3H3. The predicted octanol–water partition coefficient (Wildman–Crippen LogP) is 2.93. The Kier molecular flexibility index (Phi) is 7.92. The molecule has 2 aromatic rings. The summed E-state index contributed by atoms with van der Waals surface area (Å²) in [6.07, 6.45) is 0. The summed E-state index contributed by atoms with van der Waals surface area (Å²) in [5.74, 6) is -1.03. The van der Waals surface area contributed by atoms with Gasteiger partial charge in [-0.15, -0.1) is 0 Å². The second-order valence-electron chi connectivity index (χ2n) is 6.16. The fourth-order valence-electron chi connectivity index (χ4n) is 2.87. The van der Waals surface area contributed by atoms with Gasteiger partial charge < -0.3 is 9.64 Å². The molecule has 29 heavy (non-hydrogen) atoms. The Bertz CT molecular complexity index is 923. The SMILES string of the molecule is CCN(C(=O)COC(=O)c1ccc(S(=O)(=O)N(CC)CC)cc1)c1ccccc1. The molecule has 0 N–H and O–H groups in total. The Balaban J connectivity index is 2.03. The van der Waals surface area contributed by atoms with E-state index < -0.39 is 22.6 Å². The summed E-state index contributed by atoms with van der Waals surface area (Å²) in [7, 11) is -3.59. The largest absolute Gasteiger partial charge is 0.452 e. The van der Waals surface area contributed by atoms with Crippen molar-refractivity contribution in [2.75, 3.05) is 31.1 Å². The average Bonchev–Trinajstić information content (AvgIpc) is 2.74. The van der Waals surface area contributed by atoms with E-state index in [9.17, 15) is 18.0 Å². The number of likely N-dealkylation sites (N-methyl/N-ethyl adjacent to an activating group) is 1. The molecule has 0 aromatic heterocycles. The number of carbonyl (C=O) groups excluding carboxylic acids is 2. The van der Waals surface area contributed by atoms with Gasteiger partial charge in [-0.25, -0.2) is 13.2 Å². The normalized spacial score (nSPS) is 11.3. The van der Waals surface area contributed by atoms with Crippen LogP contribution in [0.25, 0.3) is 0 Å². The topological polar surface area (TPSA) is 84.0 Å². The number of carbonyl (C=O) groups is 2. The van der Waals surface area contributed by atoms with Crippen LogP contribution in [0.15, 0.2) is 59.5 Å². The Morgan fingerprint density at radius 1 is 0.862 bits per heavy atom. The van der Waals surface area contributed by atoms with E-state index in [0.29, 0.717) is 19.6 Å². The maximum atomic E-state index is 12.5. The van der Waals surface area contributed by atoms with Gasteiger partial charge in [-0.05, 0) is 43.3 Å². The zero-order valence-corrected chi connectivity index (χ0v) is 17.7. The van der Waals surface area contributed by atoms with Gasteiger partial charge >= 0.3 is 5.97 Å². The minimum absolute atomic E-state index is 0.107. The highest BCUT2D eigenvalue weighted by Crippen LogP contribution is 2.17. The van der Waals surface area contributed by atoms with E-state index >= 15 is 0 Å². The number of benzene rings is 2. The third kappa shape index (κ3) is 5.42. The van der Waals surface area contributed by atoms with Crippen molar-refractivity contribution in [1.29, 1.82) is 0 Å². The monoisotopic (exact) mass is 418 g/mol. The van der Waals surface area contributed by atoms with E-state index in [2.05, 4.69) is 0 Å². The van der Waals surface area contributed by atoms with Gasteiger partial charge in [0.15, 0.2) is 6.61 Å². The van der Waals surface area contributed by atoms with Gasteiger partial charge in [-0.3, -0.25) is 4.79 Å². The van der Waals surface area contributed by atoms with Crippen molar-refractivity contribution in [1.82, 2.24) is 4.31 Å². The molecule has 0 saturated carbocycles. The molecule has 156 valence electrons. The second kappa shape index (κ2) is 10.2. The van der Waals surface area contributed by atoms with Crippen LogP contribution < -0.4 is 4.90 Å². The molecule has 0 aliphatic carbocycles. The number of esters is 1. The number of hydrogen-bond donors (Lipinski definition) is 0. The summed E-state index contributed by atoms with van der Waals surface area (Å²) in [6.45, 7) is 6.12. The van der Waals surface area contributed by atoms with Crippen molar-refractivity contribution in [3.63, 3.8) is 0 Å². The average molecular weight is 419 g/mol. The molecule has 7 nitrogen and oxygen atoms in total. The number of ether oxygens (including phenoxy) is 1. The van der Waals surface area contributed by atoms with E-state index in [4.69, 9.17) is 4.74 Å². The smallest absolute Gasteiger partial charge is 0.338 e. The second-order valence-corrected chi connectivity index (χ2v) is 8.10. The summed E-state index contributed by atoms with van der Waals surface area (Å²) in [4.78, 5) is 26.3. The summed E-state index contributed by atoms with van der Waals surface area (Å²) in [5.41, 5.74) is 0.904. The summed E-state index contributed by atoms with van der Waals surface area (Å²) < 4.78 is 31.4. The lowest BCUT2D eigenvalue weighted by atomic mass is 10.2. The first-order valence-corrected chi connectivity index (χ1v) is 10.9. The van der Waals surface area contributed by atoms with E-state index in [-0.39, 0.29) is 16.4 Å². The minimum atomic E-state index is -3.59. The molecule has 0 saturated heterocycles. The lowest BCUT2D eigenvalue weighted by Crippen LogP contribution is -2.34. The molecular formula is C21H26N2O5S. The van der Waals surface area contributed by atoms with Crippen LogP contribution in [0, 0.1) is 0 Å². The van der Waals surface area contributed by atoms with E-state index in [0.717, 1.165) is 5.69 Å². The zero-order valence-electron chi connectivity index (χ0n) is 16.9. The van der Waals surface area contributed by atoms with Gasteiger partial charge in [-0.1, -0.05) is 32.0 Å². The number of anilines is 1.